The molecule has 0 aliphatic heterocycles. The number of para-hydroxylation sites is 2. The number of fused-ring (bicyclic) bond motifs is 1. The third-order valence-electron chi connectivity index (χ3n) is 4.52. The zero-order valence-electron chi connectivity index (χ0n) is 14.8. The molecule has 1 N–H and O–H groups in total. The van der Waals surface area contributed by atoms with E-state index in [1.165, 1.54) is 0 Å². The van der Waals surface area contributed by atoms with Gasteiger partial charge in [-0.3, -0.25) is 13.9 Å². The normalized spacial score (nSPS) is 15.8. The van der Waals surface area contributed by atoms with Crippen LogP contribution in [0.5, 0.6) is 0 Å². The lowest BCUT2D eigenvalue weighted by Gasteiger charge is -2.14. The first kappa shape index (κ1) is 17.5. The molecule has 1 aliphatic carbocycles. The van der Waals surface area contributed by atoms with Crippen LogP contribution >= 0.6 is 0 Å². The van der Waals surface area contributed by atoms with Gasteiger partial charge in [-0.2, -0.15) is 0 Å². The van der Waals surface area contributed by atoms with E-state index in [4.69, 9.17) is 4.74 Å². The first-order chi connectivity index (χ1) is 12.1. The Morgan fingerprint density at radius 3 is 2.72 bits per heavy atom. The minimum Gasteiger partial charge on any atom is -0.383 e. The Balaban J connectivity index is 1.96. The summed E-state index contributed by atoms with van der Waals surface area (Å²) in [6, 6.07) is 7.55. The maximum Gasteiger partial charge on any atom is 0.333 e. The molecule has 0 spiro atoms. The summed E-state index contributed by atoms with van der Waals surface area (Å²) in [5.74, 6) is -0.188. The van der Waals surface area contributed by atoms with Crippen LogP contribution in [0.3, 0.4) is 0 Å². The van der Waals surface area contributed by atoms with E-state index in [1.807, 2.05) is 31.2 Å². The van der Waals surface area contributed by atoms with Crippen LogP contribution in [-0.4, -0.2) is 34.8 Å². The molecule has 1 aromatic heterocycles. The first-order valence-corrected chi connectivity index (χ1v) is 8.80. The third-order valence-corrected chi connectivity index (χ3v) is 4.52. The van der Waals surface area contributed by atoms with Crippen molar-refractivity contribution < 1.29 is 9.53 Å². The van der Waals surface area contributed by atoms with E-state index in [0.29, 0.717) is 6.61 Å². The van der Waals surface area contributed by atoms with Crippen molar-refractivity contribution in [3.63, 3.8) is 0 Å². The molecule has 0 saturated heterocycles. The number of imidazole rings is 1. The fraction of sp³-hybridized carbons (Fsp3) is 0.474. The number of methoxy groups -OCH3 is 1. The molecular formula is C19H25N3O3. The Morgan fingerprint density at radius 2 is 2.04 bits per heavy atom. The molecule has 1 heterocycles. The van der Waals surface area contributed by atoms with E-state index in [1.54, 1.807) is 16.2 Å². The zero-order valence-corrected chi connectivity index (χ0v) is 14.8. The molecule has 0 unspecified atom stereocenters. The van der Waals surface area contributed by atoms with Crippen molar-refractivity contribution in [2.75, 3.05) is 13.7 Å². The van der Waals surface area contributed by atoms with Crippen LogP contribution in [0, 0.1) is 0 Å². The van der Waals surface area contributed by atoms with Crippen LogP contribution in [0.2, 0.25) is 0 Å². The van der Waals surface area contributed by atoms with Crippen molar-refractivity contribution in [3.8, 4) is 0 Å². The minimum atomic E-state index is -0.188. The number of aromatic nitrogens is 2. The second-order valence-corrected chi connectivity index (χ2v) is 6.56. The second kappa shape index (κ2) is 7.70. The summed E-state index contributed by atoms with van der Waals surface area (Å²) in [6.07, 6.45) is 6.28. The van der Waals surface area contributed by atoms with Gasteiger partial charge in [-0.1, -0.05) is 18.2 Å². The van der Waals surface area contributed by atoms with Gasteiger partial charge in [0.15, 0.2) is 0 Å². The molecular weight excluding hydrogens is 318 g/mol. The highest BCUT2D eigenvalue weighted by molar-refractivity contribution is 5.83. The van der Waals surface area contributed by atoms with Crippen LogP contribution in [0.25, 0.3) is 16.7 Å². The van der Waals surface area contributed by atoms with E-state index >= 15 is 0 Å². The molecule has 134 valence electrons. The Labute approximate surface area is 147 Å². The van der Waals surface area contributed by atoms with Gasteiger partial charge in [0.2, 0.25) is 5.91 Å². The van der Waals surface area contributed by atoms with Gasteiger partial charge in [-0.25, -0.2) is 4.79 Å². The van der Waals surface area contributed by atoms with Gasteiger partial charge in [0.25, 0.3) is 0 Å². The number of allylic oxidation sites excluding steroid dienone is 2. The highest BCUT2D eigenvalue weighted by atomic mass is 16.5. The third kappa shape index (κ3) is 3.69. The van der Waals surface area contributed by atoms with E-state index in [2.05, 4.69) is 11.4 Å². The monoisotopic (exact) mass is 343 g/mol. The standard InChI is InChI=1S/C19H25N3O3/c1-14(13-25-2)20-18(23)12-21-16-10-6-7-11-17(16)22(19(21)24)15-8-4-3-5-9-15/h6-8,10-11,14H,3-5,9,12-13H2,1-2H3,(H,20,23)/t14-/m1/s1. The smallest absolute Gasteiger partial charge is 0.333 e. The number of amides is 1. The predicted molar refractivity (Wildman–Crippen MR) is 98.4 cm³/mol. The number of carbonyl (C=O) groups is 1. The Kier molecular flexibility index (Phi) is 5.38. The van der Waals surface area contributed by atoms with Gasteiger partial charge in [0, 0.05) is 18.8 Å². The van der Waals surface area contributed by atoms with Crippen molar-refractivity contribution in [3.05, 3.63) is 40.8 Å². The summed E-state index contributed by atoms with van der Waals surface area (Å²) in [4.78, 5) is 25.3. The number of carbonyl (C=O) groups excluding carboxylic acids is 1. The number of benzene rings is 1. The van der Waals surface area contributed by atoms with Gasteiger partial charge in [-0.05, 0) is 44.7 Å². The quantitative estimate of drug-likeness (QED) is 0.876. The fourth-order valence-electron chi connectivity index (χ4n) is 3.42. The summed E-state index contributed by atoms with van der Waals surface area (Å²) in [5, 5.41) is 2.86. The highest BCUT2D eigenvalue weighted by Gasteiger charge is 2.19. The van der Waals surface area contributed by atoms with E-state index < -0.39 is 0 Å². The number of hydrogen-bond donors (Lipinski definition) is 1. The zero-order chi connectivity index (χ0) is 17.8. The molecule has 0 saturated carbocycles. The van der Waals surface area contributed by atoms with Gasteiger partial charge < -0.3 is 10.1 Å². The molecule has 0 radical (unpaired) electrons. The number of nitrogens with one attached hydrogen (secondary N) is 1. The number of nitrogens with zero attached hydrogens (tertiary/aromatic N) is 2. The molecule has 1 amide bonds. The molecule has 0 fully saturated rings. The molecule has 25 heavy (non-hydrogen) atoms. The predicted octanol–water partition coefficient (Wildman–Crippen LogP) is 2.37. The van der Waals surface area contributed by atoms with Crippen molar-refractivity contribution in [2.45, 2.75) is 45.2 Å². The highest BCUT2D eigenvalue weighted by Crippen LogP contribution is 2.24. The van der Waals surface area contributed by atoms with Crippen molar-refractivity contribution >= 4 is 22.6 Å². The van der Waals surface area contributed by atoms with Crippen LogP contribution in [0.4, 0.5) is 0 Å². The number of hydrogen-bond acceptors (Lipinski definition) is 3. The molecule has 1 aromatic carbocycles. The summed E-state index contributed by atoms with van der Waals surface area (Å²) in [6.45, 7) is 2.32. The summed E-state index contributed by atoms with van der Waals surface area (Å²) >= 11 is 0. The van der Waals surface area contributed by atoms with Crippen molar-refractivity contribution in [2.24, 2.45) is 0 Å². The average molecular weight is 343 g/mol. The van der Waals surface area contributed by atoms with Gasteiger partial charge >= 0.3 is 5.69 Å². The molecule has 6 heteroatoms. The topological polar surface area (TPSA) is 65.3 Å². The second-order valence-electron chi connectivity index (χ2n) is 6.56. The molecule has 2 aromatic rings. The SMILES string of the molecule is COC[C@@H](C)NC(=O)Cn1c(=O)n(C2=CCCCC2)c2ccccc21. The fourth-order valence-corrected chi connectivity index (χ4v) is 3.42. The maximum atomic E-state index is 13.0. The average Bonchev–Trinajstić information content (AvgIpc) is 2.88. The van der Waals surface area contributed by atoms with Crippen LogP contribution < -0.4 is 11.0 Å². The maximum absolute atomic E-state index is 13.0. The molecule has 0 bridgehead atoms. The largest absolute Gasteiger partial charge is 0.383 e. The van der Waals surface area contributed by atoms with Gasteiger partial charge in [-0.15, -0.1) is 0 Å². The van der Waals surface area contributed by atoms with Crippen molar-refractivity contribution in [1.82, 2.24) is 14.5 Å². The van der Waals surface area contributed by atoms with Crippen LogP contribution in [0.15, 0.2) is 35.1 Å². The summed E-state index contributed by atoms with van der Waals surface area (Å²) in [7, 11) is 1.60. The number of ether oxygens (including phenoxy) is 1. The summed E-state index contributed by atoms with van der Waals surface area (Å²) in [5.41, 5.74) is 2.54. The van der Waals surface area contributed by atoms with E-state index in [9.17, 15) is 9.59 Å². The number of rotatable bonds is 6. The minimum absolute atomic E-state index is 0.00762. The lowest BCUT2D eigenvalue weighted by molar-refractivity contribution is -0.122. The van der Waals surface area contributed by atoms with Crippen LogP contribution in [-0.2, 0) is 16.1 Å². The first-order valence-electron chi connectivity index (χ1n) is 8.80. The lowest BCUT2D eigenvalue weighted by Crippen LogP contribution is -2.39. The Hall–Kier alpha value is -2.34. The van der Waals surface area contributed by atoms with E-state index in [-0.39, 0.29) is 24.2 Å². The van der Waals surface area contributed by atoms with Gasteiger partial charge in [0.1, 0.15) is 6.54 Å². The molecule has 6 nitrogen and oxygen atoms in total. The Bertz CT molecular complexity index is 847. The molecule has 1 atom stereocenters. The van der Waals surface area contributed by atoms with E-state index in [0.717, 1.165) is 42.4 Å². The Morgan fingerprint density at radius 1 is 1.28 bits per heavy atom. The molecule has 3 rings (SSSR count). The van der Waals surface area contributed by atoms with Crippen LogP contribution in [0.1, 0.15) is 32.6 Å². The summed E-state index contributed by atoms with van der Waals surface area (Å²) < 4.78 is 8.36. The molecule has 1 aliphatic rings. The lowest BCUT2D eigenvalue weighted by atomic mass is 10.0. The van der Waals surface area contributed by atoms with Gasteiger partial charge in [0.05, 0.1) is 17.6 Å². The van der Waals surface area contributed by atoms with Crippen molar-refractivity contribution in [1.29, 1.82) is 0 Å².